The zero-order valence-corrected chi connectivity index (χ0v) is 13.0. The molecule has 1 aromatic rings. The van der Waals surface area contributed by atoms with Gasteiger partial charge in [-0.2, -0.15) is 0 Å². The summed E-state index contributed by atoms with van der Waals surface area (Å²) >= 11 is 12.0. The highest BCUT2D eigenvalue weighted by atomic mass is 35.5. The molecular formula is C14H16Cl2N2O3. The number of likely N-dealkylation sites (tertiary alicyclic amines) is 1. The Balaban J connectivity index is 1.94. The van der Waals surface area contributed by atoms with Gasteiger partial charge in [0, 0.05) is 42.2 Å². The van der Waals surface area contributed by atoms with Gasteiger partial charge < -0.3 is 15.3 Å². The number of halogens is 2. The third-order valence-corrected chi connectivity index (χ3v) is 4.17. The number of nitrogens with zero attached hydrogens (tertiary/aromatic N) is 1. The number of hydrogen-bond donors (Lipinski definition) is 2. The normalized spacial score (nSPS) is 19.7. The minimum Gasteiger partial charge on any atom is -0.386 e. The molecule has 1 fully saturated rings. The SMILES string of the molecule is CN1CC(C(=O)NCC(O)c2c(Cl)cccc2Cl)CC1=O. The maximum absolute atomic E-state index is 12.0. The minimum atomic E-state index is -0.995. The molecular weight excluding hydrogens is 315 g/mol. The second-order valence-corrected chi connectivity index (χ2v) is 5.89. The number of aliphatic hydroxyl groups excluding tert-OH is 1. The highest BCUT2D eigenvalue weighted by molar-refractivity contribution is 6.36. The number of amides is 2. The fourth-order valence-corrected chi connectivity index (χ4v) is 2.96. The monoisotopic (exact) mass is 330 g/mol. The van der Waals surface area contributed by atoms with Gasteiger partial charge in [-0.25, -0.2) is 0 Å². The van der Waals surface area contributed by atoms with Crippen LogP contribution in [0.3, 0.4) is 0 Å². The Labute approximate surface area is 132 Å². The maximum atomic E-state index is 12.0. The van der Waals surface area contributed by atoms with E-state index in [1.165, 1.54) is 4.90 Å². The van der Waals surface area contributed by atoms with Crippen LogP contribution in [0.25, 0.3) is 0 Å². The van der Waals surface area contributed by atoms with Gasteiger partial charge in [0.2, 0.25) is 11.8 Å². The highest BCUT2D eigenvalue weighted by Gasteiger charge is 2.32. The average molecular weight is 331 g/mol. The second kappa shape index (κ2) is 6.64. The Bertz CT molecular complexity index is 545. The summed E-state index contributed by atoms with van der Waals surface area (Å²) in [7, 11) is 1.66. The van der Waals surface area contributed by atoms with E-state index < -0.39 is 6.10 Å². The van der Waals surface area contributed by atoms with E-state index in [0.717, 1.165) is 0 Å². The van der Waals surface area contributed by atoms with Crippen molar-refractivity contribution in [2.24, 2.45) is 5.92 Å². The molecule has 1 saturated heterocycles. The van der Waals surface area contributed by atoms with Crippen LogP contribution >= 0.6 is 23.2 Å². The molecule has 0 aliphatic carbocycles. The van der Waals surface area contributed by atoms with Crippen LogP contribution in [0.1, 0.15) is 18.1 Å². The Hall–Kier alpha value is -1.30. The van der Waals surface area contributed by atoms with E-state index in [-0.39, 0.29) is 30.7 Å². The van der Waals surface area contributed by atoms with Crippen LogP contribution in [0.2, 0.25) is 10.0 Å². The minimum absolute atomic E-state index is 0.00328. The van der Waals surface area contributed by atoms with Crippen molar-refractivity contribution in [2.75, 3.05) is 20.1 Å². The van der Waals surface area contributed by atoms with Crippen molar-refractivity contribution in [1.29, 1.82) is 0 Å². The molecule has 2 unspecified atom stereocenters. The molecule has 0 saturated carbocycles. The summed E-state index contributed by atoms with van der Waals surface area (Å²) in [5.74, 6) is -0.684. The van der Waals surface area contributed by atoms with Crippen molar-refractivity contribution in [3.63, 3.8) is 0 Å². The summed E-state index contributed by atoms with van der Waals surface area (Å²) in [6.07, 6.45) is -0.796. The van der Waals surface area contributed by atoms with Gasteiger partial charge >= 0.3 is 0 Å². The Kier molecular flexibility index (Phi) is 5.08. The predicted molar refractivity (Wildman–Crippen MR) is 80.2 cm³/mol. The van der Waals surface area contributed by atoms with Crippen LogP contribution in [0.4, 0.5) is 0 Å². The third-order valence-electron chi connectivity index (χ3n) is 3.51. The lowest BCUT2D eigenvalue weighted by molar-refractivity contribution is -0.128. The topological polar surface area (TPSA) is 69.6 Å². The summed E-state index contributed by atoms with van der Waals surface area (Å²) in [5.41, 5.74) is 0.390. The van der Waals surface area contributed by atoms with Crippen LogP contribution < -0.4 is 5.32 Å². The number of carbonyl (C=O) groups is 2. The summed E-state index contributed by atoms with van der Waals surface area (Å²) in [6.45, 7) is 0.393. The van der Waals surface area contributed by atoms with E-state index in [1.54, 1.807) is 25.2 Å². The quantitative estimate of drug-likeness (QED) is 0.881. The molecule has 0 radical (unpaired) electrons. The third kappa shape index (κ3) is 3.67. The maximum Gasteiger partial charge on any atom is 0.225 e. The Morgan fingerprint density at radius 1 is 1.48 bits per heavy atom. The standard InChI is InChI=1S/C14H16Cl2N2O3/c1-18-7-8(5-12(18)20)14(21)17-6-11(19)13-9(15)3-2-4-10(13)16/h2-4,8,11,19H,5-7H2,1H3,(H,17,21). The molecule has 7 heteroatoms. The molecule has 21 heavy (non-hydrogen) atoms. The number of rotatable bonds is 4. The largest absolute Gasteiger partial charge is 0.386 e. The lowest BCUT2D eigenvalue weighted by Gasteiger charge is -2.16. The predicted octanol–water partition coefficient (Wildman–Crippen LogP) is 1.62. The van der Waals surface area contributed by atoms with Crippen LogP contribution in [-0.2, 0) is 9.59 Å². The fourth-order valence-electron chi connectivity index (χ4n) is 2.31. The molecule has 2 amide bonds. The summed E-state index contributed by atoms with van der Waals surface area (Å²) in [5, 5.41) is 13.4. The van der Waals surface area contributed by atoms with Crippen molar-refractivity contribution < 1.29 is 14.7 Å². The van der Waals surface area contributed by atoms with Gasteiger partial charge in [0.1, 0.15) is 0 Å². The Morgan fingerprint density at radius 2 is 2.10 bits per heavy atom. The average Bonchev–Trinajstić information content (AvgIpc) is 2.76. The smallest absolute Gasteiger partial charge is 0.225 e. The molecule has 1 aromatic carbocycles. The number of nitrogens with one attached hydrogen (secondary N) is 1. The van der Waals surface area contributed by atoms with E-state index in [0.29, 0.717) is 22.2 Å². The van der Waals surface area contributed by atoms with Crippen molar-refractivity contribution in [3.8, 4) is 0 Å². The summed E-state index contributed by atoms with van der Waals surface area (Å²) in [4.78, 5) is 24.9. The van der Waals surface area contributed by atoms with Gasteiger partial charge in [-0.05, 0) is 12.1 Å². The first-order valence-corrected chi connectivity index (χ1v) is 7.29. The molecule has 2 atom stereocenters. The summed E-state index contributed by atoms with van der Waals surface area (Å²) in [6, 6.07) is 4.93. The van der Waals surface area contributed by atoms with E-state index >= 15 is 0 Å². The number of benzene rings is 1. The first-order chi connectivity index (χ1) is 9.90. The first kappa shape index (κ1) is 16.1. The van der Waals surface area contributed by atoms with Crippen LogP contribution in [-0.4, -0.2) is 42.0 Å². The van der Waals surface area contributed by atoms with Crippen molar-refractivity contribution in [2.45, 2.75) is 12.5 Å². The van der Waals surface area contributed by atoms with Gasteiger partial charge in [-0.3, -0.25) is 9.59 Å². The van der Waals surface area contributed by atoms with Crippen LogP contribution in [0.15, 0.2) is 18.2 Å². The lowest BCUT2D eigenvalue weighted by atomic mass is 10.1. The fraction of sp³-hybridized carbons (Fsp3) is 0.429. The molecule has 5 nitrogen and oxygen atoms in total. The molecule has 1 aliphatic rings. The first-order valence-electron chi connectivity index (χ1n) is 6.53. The van der Waals surface area contributed by atoms with Gasteiger partial charge in [-0.1, -0.05) is 29.3 Å². The van der Waals surface area contributed by atoms with E-state index in [1.807, 2.05) is 0 Å². The molecule has 0 aromatic heterocycles. The second-order valence-electron chi connectivity index (χ2n) is 5.07. The molecule has 2 rings (SSSR count). The zero-order valence-electron chi connectivity index (χ0n) is 11.5. The van der Waals surface area contributed by atoms with Crippen molar-refractivity contribution >= 4 is 35.0 Å². The van der Waals surface area contributed by atoms with E-state index in [2.05, 4.69) is 5.32 Å². The zero-order chi connectivity index (χ0) is 15.6. The number of aliphatic hydroxyl groups is 1. The molecule has 1 aliphatic heterocycles. The van der Waals surface area contributed by atoms with Crippen molar-refractivity contribution in [3.05, 3.63) is 33.8 Å². The van der Waals surface area contributed by atoms with Gasteiger partial charge in [0.25, 0.3) is 0 Å². The molecule has 1 heterocycles. The van der Waals surface area contributed by atoms with Gasteiger partial charge in [-0.15, -0.1) is 0 Å². The molecule has 0 spiro atoms. The van der Waals surface area contributed by atoms with Gasteiger partial charge in [0.05, 0.1) is 12.0 Å². The van der Waals surface area contributed by atoms with Crippen LogP contribution in [0.5, 0.6) is 0 Å². The molecule has 114 valence electrons. The summed E-state index contributed by atoms with van der Waals surface area (Å²) < 4.78 is 0. The molecule has 2 N–H and O–H groups in total. The van der Waals surface area contributed by atoms with E-state index in [9.17, 15) is 14.7 Å². The highest BCUT2D eigenvalue weighted by Crippen LogP contribution is 2.29. The Morgan fingerprint density at radius 3 is 2.62 bits per heavy atom. The number of carbonyl (C=O) groups excluding carboxylic acids is 2. The van der Waals surface area contributed by atoms with E-state index in [4.69, 9.17) is 23.2 Å². The number of hydrogen-bond acceptors (Lipinski definition) is 3. The molecule has 0 bridgehead atoms. The lowest BCUT2D eigenvalue weighted by Crippen LogP contribution is -2.35. The van der Waals surface area contributed by atoms with Crippen molar-refractivity contribution in [1.82, 2.24) is 10.2 Å². The van der Waals surface area contributed by atoms with Gasteiger partial charge in [0.15, 0.2) is 0 Å². The van der Waals surface area contributed by atoms with Crippen LogP contribution in [0, 0.1) is 5.92 Å².